The Morgan fingerprint density at radius 3 is 2.85 bits per heavy atom. The number of rotatable bonds is 0. The lowest BCUT2D eigenvalue weighted by Gasteiger charge is -2.20. The van der Waals surface area contributed by atoms with Crippen molar-refractivity contribution in [1.29, 1.82) is 0 Å². The van der Waals surface area contributed by atoms with Crippen molar-refractivity contribution in [1.82, 2.24) is 0 Å². The van der Waals surface area contributed by atoms with Gasteiger partial charge in [0.05, 0.1) is 26.4 Å². The van der Waals surface area contributed by atoms with Crippen molar-refractivity contribution >= 4 is 0 Å². The number of ether oxygens (including phenoxy) is 2. The Kier molecular flexibility index (Phi) is 1.61. The lowest BCUT2D eigenvalue weighted by Crippen LogP contribution is -2.12. The molecule has 0 amide bonds. The molecule has 0 saturated carbocycles. The van der Waals surface area contributed by atoms with Gasteiger partial charge in [-0.05, 0) is 30.1 Å². The third-order valence-electron chi connectivity index (χ3n) is 3.38. The van der Waals surface area contributed by atoms with Crippen LogP contribution in [0.15, 0.2) is 22.3 Å². The molecule has 3 aliphatic rings. The maximum absolute atomic E-state index is 5.51. The minimum Gasteiger partial charge on any atom is -0.376 e. The van der Waals surface area contributed by atoms with Crippen LogP contribution in [0.25, 0.3) is 0 Å². The summed E-state index contributed by atoms with van der Waals surface area (Å²) in [5.41, 5.74) is 5.98. The summed E-state index contributed by atoms with van der Waals surface area (Å²) in [5, 5.41) is 0. The smallest absolute Gasteiger partial charge is 0.0725 e. The van der Waals surface area contributed by atoms with E-state index in [4.69, 9.17) is 9.47 Å². The fraction of sp³-hybridized carbons (Fsp3) is 0.636. The second kappa shape index (κ2) is 2.69. The van der Waals surface area contributed by atoms with E-state index >= 15 is 0 Å². The number of hydrogen-bond acceptors (Lipinski definition) is 2. The van der Waals surface area contributed by atoms with Gasteiger partial charge in [0, 0.05) is 5.92 Å². The summed E-state index contributed by atoms with van der Waals surface area (Å²) in [6.07, 6.45) is 1.19. The second-order valence-electron chi connectivity index (χ2n) is 4.17. The Labute approximate surface area is 78.2 Å². The minimum absolute atomic E-state index is 0.667. The lowest BCUT2D eigenvalue weighted by atomic mass is 9.82. The lowest BCUT2D eigenvalue weighted by molar-refractivity contribution is 0.187. The molecule has 2 heterocycles. The molecule has 13 heavy (non-hydrogen) atoms. The van der Waals surface area contributed by atoms with Crippen LogP contribution in [0.5, 0.6) is 0 Å². The monoisotopic (exact) mass is 178 g/mol. The fourth-order valence-electron chi connectivity index (χ4n) is 2.63. The van der Waals surface area contributed by atoms with E-state index in [0.29, 0.717) is 5.92 Å². The number of allylic oxidation sites excluding steroid dienone is 1. The Bertz CT molecular complexity index is 312. The third-order valence-corrected chi connectivity index (χ3v) is 3.38. The molecule has 0 radical (unpaired) electrons. The fourth-order valence-corrected chi connectivity index (χ4v) is 2.63. The normalized spacial score (nSPS) is 32.5. The van der Waals surface area contributed by atoms with Crippen molar-refractivity contribution in [2.45, 2.75) is 13.3 Å². The van der Waals surface area contributed by atoms with Crippen LogP contribution < -0.4 is 0 Å². The van der Waals surface area contributed by atoms with E-state index in [2.05, 4.69) is 6.92 Å². The quantitative estimate of drug-likeness (QED) is 0.562. The van der Waals surface area contributed by atoms with Gasteiger partial charge in [0.25, 0.3) is 0 Å². The van der Waals surface area contributed by atoms with Crippen LogP contribution in [-0.4, -0.2) is 26.4 Å². The summed E-state index contributed by atoms with van der Waals surface area (Å²) in [4.78, 5) is 0. The van der Waals surface area contributed by atoms with Crippen molar-refractivity contribution in [3.8, 4) is 0 Å². The molecule has 2 saturated heterocycles. The van der Waals surface area contributed by atoms with E-state index in [1.807, 2.05) is 0 Å². The average Bonchev–Trinajstić information content (AvgIpc) is 2.66. The zero-order valence-corrected chi connectivity index (χ0v) is 7.93. The highest BCUT2D eigenvalue weighted by Gasteiger charge is 2.33. The average molecular weight is 178 g/mol. The van der Waals surface area contributed by atoms with Crippen LogP contribution in [0.3, 0.4) is 0 Å². The van der Waals surface area contributed by atoms with Gasteiger partial charge < -0.3 is 9.47 Å². The molecule has 0 N–H and O–H groups in total. The van der Waals surface area contributed by atoms with Crippen molar-refractivity contribution in [2.75, 3.05) is 26.4 Å². The van der Waals surface area contributed by atoms with Crippen molar-refractivity contribution in [3.63, 3.8) is 0 Å². The zero-order chi connectivity index (χ0) is 8.84. The molecule has 0 aromatic rings. The second-order valence-corrected chi connectivity index (χ2v) is 4.17. The molecule has 3 rings (SSSR count). The molecule has 2 aliphatic heterocycles. The van der Waals surface area contributed by atoms with Crippen LogP contribution in [0.4, 0.5) is 0 Å². The molecule has 2 fully saturated rings. The Morgan fingerprint density at radius 2 is 1.92 bits per heavy atom. The Morgan fingerprint density at radius 1 is 1.08 bits per heavy atom. The first kappa shape index (κ1) is 7.77. The predicted octanol–water partition coefficient (Wildman–Crippen LogP) is 1.68. The van der Waals surface area contributed by atoms with E-state index in [0.717, 1.165) is 26.4 Å². The highest BCUT2D eigenvalue weighted by molar-refractivity contribution is 5.47. The number of hydrogen-bond donors (Lipinski definition) is 0. The first-order chi connectivity index (χ1) is 6.36. The summed E-state index contributed by atoms with van der Waals surface area (Å²) >= 11 is 0. The first-order valence-electron chi connectivity index (χ1n) is 4.92. The summed E-state index contributed by atoms with van der Waals surface area (Å²) in [7, 11) is 0. The molecule has 1 aliphatic carbocycles. The van der Waals surface area contributed by atoms with Gasteiger partial charge in [-0.2, -0.15) is 0 Å². The van der Waals surface area contributed by atoms with Gasteiger partial charge >= 0.3 is 0 Å². The van der Waals surface area contributed by atoms with Crippen LogP contribution in [0, 0.1) is 5.92 Å². The molecule has 1 atom stereocenters. The van der Waals surface area contributed by atoms with E-state index < -0.39 is 0 Å². The van der Waals surface area contributed by atoms with Gasteiger partial charge in [-0.15, -0.1) is 0 Å². The maximum atomic E-state index is 5.51. The third kappa shape index (κ3) is 1.02. The molecule has 0 aromatic carbocycles. The summed E-state index contributed by atoms with van der Waals surface area (Å²) in [6, 6.07) is 0. The zero-order valence-electron chi connectivity index (χ0n) is 7.93. The first-order valence-corrected chi connectivity index (χ1v) is 4.92. The minimum atomic E-state index is 0.667. The highest BCUT2D eigenvalue weighted by atomic mass is 16.5. The largest absolute Gasteiger partial charge is 0.376 e. The van der Waals surface area contributed by atoms with Gasteiger partial charge in [-0.3, -0.25) is 0 Å². The molecular weight excluding hydrogens is 164 g/mol. The highest BCUT2D eigenvalue weighted by Crippen LogP contribution is 2.40. The molecule has 0 spiro atoms. The Hall–Kier alpha value is -0.600. The molecule has 2 heteroatoms. The molecule has 0 bridgehead atoms. The van der Waals surface area contributed by atoms with E-state index in [9.17, 15) is 0 Å². The predicted molar refractivity (Wildman–Crippen MR) is 49.5 cm³/mol. The van der Waals surface area contributed by atoms with Crippen LogP contribution in [0.2, 0.25) is 0 Å². The van der Waals surface area contributed by atoms with E-state index in [1.165, 1.54) is 28.7 Å². The van der Waals surface area contributed by atoms with E-state index in [1.54, 1.807) is 0 Å². The summed E-state index contributed by atoms with van der Waals surface area (Å²) in [5.74, 6) is 0.667. The topological polar surface area (TPSA) is 18.5 Å². The SMILES string of the molecule is CC1=C2COCC2=C2COCC2C1. The van der Waals surface area contributed by atoms with E-state index in [-0.39, 0.29) is 0 Å². The molecule has 2 nitrogen and oxygen atoms in total. The van der Waals surface area contributed by atoms with Gasteiger partial charge in [-0.1, -0.05) is 5.57 Å². The summed E-state index contributed by atoms with van der Waals surface area (Å²) < 4.78 is 11.0. The van der Waals surface area contributed by atoms with Crippen LogP contribution >= 0.6 is 0 Å². The van der Waals surface area contributed by atoms with Crippen molar-refractivity contribution in [2.24, 2.45) is 5.92 Å². The molecule has 1 unspecified atom stereocenters. The van der Waals surface area contributed by atoms with Gasteiger partial charge in [0.15, 0.2) is 0 Å². The van der Waals surface area contributed by atoms with Crippen molar-refractivity contribution < 1.29 is 9.47 Å². The van der Waals surface area contributed by atoms with Gasteiger partial charge in [0.1, 0.15) is 0 Å². The van der Waals surface area contributed by atoms with Gasteiger partial charge in [0.2, 0.25) is 0 Å². The van der Waals surface area contributed by atoms with Crippen LogP contribution in [-0.2, 0) is 9.47 Å². The molecular formula is C11H14O2. The Balaban J connectivity index is 2.10. The molecule has 0 aromatic heterocycles. The van der Waals surface area contributed by atoms with Gasteiger partial charge in [-0.25, -0.2) is 0 Å². The maximum Gasteiger partial charge on any atom is 0.0725 e. The molecule has 70 valence electrons. The van der Waals surface area contributed by atoms with Crippen molar-refractivity contribution in [3.05, 3.63) is 22.3 Å². The standard InChI is InChI=1S/C11H14O2/c1-7-2-8-3-12-5-10(8)11-6-13-4-9(7)11/h8H,2-6H2,1H3. The van der Waals surface area contributed by atoms with Crippen LogP contribution in [0.1, 0.15) is 13.3 Å². The number of fused-ring (bicyclic) bond motifs is 2. The summed E-state index contributed by atoms with van der Waals surface area (Å²) in [6.45, 7) is 5.65.